The molecular weight excluding hydrogens is 258 g/mol. The highest BCUT2D eigenvalue weighted by Crippen LogP contribution is 2.29. The molecule has 0 amide bonds. The largest absolute Gasteiger partial charge is 0.497 e. The maximum Gasteiger partial charge on any atom is 0.248 e. The summed E-state index contributed by atoms with van der Waals surface area (Å²) in [5, 5.41) is 1.73. The Bertz CT molecular complexity index is 571. The van der Waals surface area contributed by atoms with Gasteiger partial charge in [0.2, 0.25) is 5.88 Å². The van der Waals surface area contributed by atoms with E-state index < -0.39 is 0 Å². The summed E-state index contributed by atoms with van der Waals surface area (Å²) in [6, 6.07) is 7.15. The van der Waals surface area contributed by atoms with Crippen LogP contribution < -0.4 is 20.6 Å². The van der Waals surface area contributed by atoms with E-state index in [-0.39, 0.29) is 0 Å². The van der Waals surface area contributed by atoms with Gasteiger partial charge < -0.3 is 20.6 Å². The number of hydrazine groups is 1. The molecule has 0 aliphatic carbocycles. The van der Waals surface area contributed by atoms with E-state index in [0.717, 1.165) is 5.75 Å². The Kier molecular flexibility index (Phi) is 4.21. The summed E-state index contributed by atoms with van der Waals surface area (Å²) < 4.78 is 10.7. The Morgan fingerprint density at radius 2 is 1.75 bits per heavy atom. The second kappa shape index (κ2) is 6.07. The molecule has 1 aromatic carbocycles. The molecular formula is C13H17N5O2. The number of hydrogen-bond acceptors (Lipinski definition) is 7. The molecule has 3 N–H and O–H groups in total. The summed E-state index contributed by atoms with van der Waals surface area (Å²) in [6.07, 6.45) is 1.39. The van der Waals surface area contributed by atoms with Crippen LogP contribution in [0.5, 0.6) is 17.4 Å². The highest BCUT2D eigenvalue weighted by molar-refractivity contribution is 5.66. The molecule has 1 aromatic heterocycles. The van der Waals surface area contributed by atoms with Crippen molar-refractivity contribution >= 4 is 11.5 Å². The number of hydrogen-bond donors (Lipinski definition) is 2. The molecule has 0 atom stereocenters. The topological polar surface area (TPSA) is 85.5 Å². The van der Waals surface area contributed by atoms with Gasteiger partial charge in [-0.3, -0.25) is 0 Å². The minimum Gasteiger partial charge on any atom is -0.497 e. The quantitative estimate of drug-likeness (QED) is 0.804. The normalized spacial score (nSPS) is 10.4. The molecule has 0 bridgehead atoms. The lowest BCUT2D eigenvalue weighted by Crippen LogP contribution is -2.21. The molecule has 20 heavy (non-hydrogen) atoms. The van der Waals surface area contributed by atoms with Crippen LogP contribution in [0.1, 0.15) is 0 Å². The highest BCUT2D eigenvalue weighted by atomic mass is 16.5. The molecule has 0 saturated carbocycles. The predicted octanol–water partition coefficient (Wildman–Crippen LogP) is 1.75. The number of ether oxygens (including phenoxy) is 2. The number of nitrogen functional groups attached to an aromatic ring is 1. The van der Waals surface area contributed by atoms with Crippen LogP contribution in [0.15, 0.2) is 30.6 Å². The van der Waals surface area contributed by atoms with Crippen molar-refractivity contribution in [1.82, 2.24) is 15.0 Å². The van der Waals surface area contributed by atoms with Gasteiger partial charge in [0.05, 0.1) is 7.11 Å². The molecule has 0 unspecified atom stereocenters. The first kappa shape index (κ1) is 13.9. The minimum absolute atomic E-state index is 0.300. The number of methoxy groups -OCH3 is 1. The van der Waals surface area contributed by atoms with Crippen molar-refractivity contribution in [3.05, 3.63) is 30.6 Å². The van der Waals surface area contributed by atoms with Crippen LogP contribution >= 0.6 is 0 Å². The van der Waals surface area contributed by atoms with Crippen LogP contribution in [-0.2, 0) is 0 Å². The third-order valence-corrected chi connectivity index (χ3v) is 2.45. The van der Waals surface area contributed by atoms with Gasteiger partial charge in [0.25, 0.3) is 0 Å². The Morgan fingerprint density at radius 3 is 2.35 bits per heavy atom. The van der Waals surface area contributed by atoms with Crippen LogP contribution in [0.25, 0.3) is 0 Å². The third kappa shape index (κ3) is 3.27. The second-order valence-electron chi connectivity index (χ2n) is 4.22. The first-order chi connectivity index (χ1) is 9.60. The van der Waals surface area contributed by atoms with E-state index in [1.54, 1.807) is 36.4 Å². The average molecular weight is 275 g/mol. The number of nitrogens with zero attached hydrogens (tertiary/aromatic N) is 3. The molecule has 0 spiro atoms. The zero-order valence-corrected chi connectivity index (χ0v) is 11.6. The van der Waals surface area contributed by atoms with Gasteiger partial charge in [-0.2, -0.15) is 4.98 Å². The van der Waals surface area contributed by atoms with Crippen molar-refractivity contribution in [3.63, 3.8) is 0 Å². The smallest absolute Gasteiger partial charge is 0.248 e. The number of nitrogens with one attached hydrogen (secondary N) is 1. The molecule has 2 aromatic rings. The molecule has 7 nitrogen and oxygen atoms in total. The van der Waals surface area contributed by atoms with Gasteiger partial charge in [0.15, 0.2) is 5.82 Å². The van der Waals surface area contributed by atoms with Crippen LogP contribution in [0.2, 0.25) is 0 Å². The maximum absolute atomic E-state index is 5.97. The van der Waals surface area contributed by atoms with Gasteiger partial charge in [-0.1, -0.05) is 0 Å². The standard InChI is InChI=1S/C13H17N5O2/c1-18(2)17-12-11(14)13(16-8-15-12)20-10-6-4-9(19-3)5-7-10/h4-8H,14H2,1-3H3,(H,15,16,17). The molecule has 106 valence electrons. The van der Waals surface area contributed by atoms with Crippen molar-refractivity contribution in [1.29, 1.82) is 0 Å². The number of nitrogens with two attached hydrogens (primary N) is 1. The summed E-state index contributed by atoms with van der Waals surface area (Å²) in [5.74, 6) is 2.16. The fourth-order valence-electron chi connectivity index (χ4n) is 1.52. The Balaban J connectivity index is 2.20. The SMILES string of the molecule is COc1ccc(Oc2ncnc(NN(C)C)c2N)cc1. The molecule has 2 rings (SSSR count). The van der Waals surface area contributed by atoms with Crippen LogP contribution in [0.3, 0.4) is 0 Å². The molecule has 0 saturated heterocycles. The number of anilines is 2. The van der Waals surface area contributed by atoms with Crippen molar-refractivity contribution in [2.24, 2.45) is 0 Å². The fourth-order valence-corrected chi connectivity index (χ4v) is 1.52. The molecule has 1 heterocycles. The summed E-state index contributed by atoms with van der Waals surface area (Å²) in [6.45, 7) is 0. The minimum atomic E-state index is 0.300. The molecule has 7 heteroatoms. The van der Waals surface area contributed by atoms with Crippen LogP contribution in [-0.4, -0.2) is 36.2 Å². The van der Waals surface area contributed by atoms with Crippen LogP contribution in [0.4, 0.5) is 11.5 Å². The van der Waals surface area contributed by atoms with E-state index >= 15 is 0 Å². The van der Waals surface area contributed by atoms with Gasteiger partial charge in [-0.15, -0.1) is 0 Å². The van der Waals surface area contributed by atoms with E-state index in [4.69, 9.17) is 15.2 Å². The number of rotatable bonds is 5. The lowest BCUT2D eigenvalue weighted by Gasteiger charge is -2.15. The lowest BCUT2D eigenvalue weighted by molar-refractivity contribution is 0.412. The number of benzene rings is 1. The van der Waals surface area contributed by atoms with E-state index in [0.29, 0.717) is 23.1 Å². The first-order valence-corrected chi connectivity index (χ1v) is 5.96. The van der Waals surface area contributed by atoms with E-state index in [1.165, 1.54) is 6.33 Å². The Morgan fingerprint density at radius 1 is 1.10 bits per heavy atom. The number of aromatic nitrogens is 2. The summed E-state index contributed by atoms with van der Waals surface area (Å²) in [5.41, 5.74) is 9.29. The third-order valence-electron chi connectivity index (χ3n) is 2.45. The lowest BCUT2D eigenvalue weighted by atomic mass is 10.3. The molecule has 0 fully saturated rings. The van der Waals surface area contributed by atoms with Gasteiger partial charge in [-0.25, -0.2) is 9.99 Å². The van der Waals surface area contributed by atoms with Crippen LogP contribution in [0, 0.1) is 0 Å². The predicted molar refractivity (Wildman–Crippen MR) is 76.8 cm³/mol. The van der Waals surface area contributed by atoms with Gasteiger partial charge in [0, 0.05) is 14.1 Å². The van der Waals surface area contributed by atoms with Gasteiger partial charge >= 0.3 is 0 Å². The fraction of sp³-hybridized carbons (Fsp3) is 0.231. The first-order valence-electron chi connectivity index (χ1n) is 5.96. The van der Waals surface area contributed by atoms with Gasteiger partial charge in [0.1, 0.15) is 23.5 Å². The molecule has 0 aliphatic heterocycles. The van der Waals surface area contributed by atoms with Gasteiger partial charge in [-0.05, 0) is 24.3 Å². The second-order valence-corrected chi connectivity index (χ2v) is 4.22. The zero-order chi connectivity index (χ0) is 14.5. The van der Waals surface area contributed by atoms with E-state index in [1.807, 2.05) is 14.1 Å². The molecule has 0 radical (unpaired) electrons. The monoisotopic (exact) mass is 275 g/mol. The van der Waals surface area contributed by atoms with E-state index in [2.05, 4.69) is 15.4 Å². The van der Waals surface area contributed by atoms with E-state index in [9.17, 15) is 0 Å². The zero-order valence-electron chi connectivity index (χ0n) is 11.6. The highest BCUT2D eigenvalue weighted by Gasteiger charge is 2.10. The molecule has 0 aliphatic rings. The summed E-state index contributed by atoms with van der Waals surface area (Å²) in [7, 11) is 5.29. The summed E-state index contributed by atoms with van der Waals surface area (Å²) >= 11 is 0. The van der Waals surface area contributed by atoms with Crippen molar-refractivity contribution in [3.8, 4) is 17.4 Å². The van der Waals surface area contributed by atoms with Crippen molar-refractivity contribution in [2.45, 2.75) is 0 Å². The maximum atomic E-state index is 5.97. The Labute approximate surface area is 117 Å². The summed E-state index contributed by atoms with van der Waals surface area (Å²) in [4.78, 5) is 8.10. The van der Waals surface area contributed by atoms with Crippen molar-refractivity contribution < 1.29 is 9.47 Å². The van der Waals surface area contributed by atoms with Crippen molar-refractivity contribution in [2.75, 3.05) is 32.4 Å². The average Bonchev–Trinajstić information content (AvgIpc) is 2.43. The Hall–Kier alpha value is -2.54.